The topological polar surface area (TPSA) is 82.7 Å². The lowest BCUT2D eigenvalue weighted by molar-refractivity contribution is -0.153. The molecular formula is C34H46N4O3. The Hall–Kier alpha value is -3.03. The van der Waals surface area contributed by atoms with Crippen LogP contribution in [0.2, 0.25) is 0 Å². The Kier molecular flexibility index (Phi) is 9.56. The van der Waals surface area contributed by atoms with Crippen molar-refractivity contribution in [3.05, 3.63) is 59.2 Å². The fraction of sp³-hybridized carbons (Fsp3) is 0.559. The molecule has 7 heteroatoms. The molecule has 0 atom stereocenters. The van der Waals surface area contributed by atoms with E-state index in [1.165, 1.54) is 49.0 Å². The minimum Gasteiger partial charge on any atom is -0.481 e. The van der Waals surface area contributed by atoms with Crippen LogP contribution >= 0.6 is 0 Å². The van der Waals surface area contributed by atoms with Crippen molar-refractivity contribution in [3.63, 3.8) is 0 Å². The lowest BCUT2D eigenvalue weighted by Gasteiger charge is -2.39. The Morgan fingerprint density at radius 3 is 2.34 bits per heavy atom. The molecule has 7 nitrogen and oxygen atoms in total. The molecule has 1 N–H and O–H groups in total. The number of carboxylic acid groups (broad SMARTS) is 1. The largest absolute Gasteiger partial charge is 0.481 e. The number of piperidine rings is 2. The number of aromatic nitrogens is 2. The Labute approximate surface area is 244 Å². The molecular weight excluding hydrogens is 512 g/mol. The molecule has 3 aromatic rings. The molecule has 2 fully saturated rings. The lowest BCUT2D eigenvalue weighted by Crippen LogP contribution is -2.44. The van der Waals surface area contributed by atoms with Gasteiger partial charge in [0, 0.05) is 17.7 Å². The van der Waals surface area contributed by atoms with Gasteiger partial charge in [-0.2, -0.15) is 4.98 Å². The molecule has 3 heterocycles. The third-order valence-electron chi connectivity index (χ3n) is 9.11. The molecule has 220 valence electrons. The van der Waals surface area contributed by atoms with E-state index in [0.717, 1.165) is 69.4 Å². The Bertz CT molecular complexity index is 1290. The predicted octanol–water partition coefficient (Wildman–Crippen LogP) is 6.84. The maximum absolute atomic E-state index is 12.3. The van der Waals surface area contributed by atoms with Crippen molar-refractivity contribution in [3.8, 4) is 22.8 Å². The smallest absolute Gasteiger partial charge is 0.309 e. The molecule has 2 aromatic carbocycles. The first kappa shape index (κ1) is 29.5. The number of carboxylic acids is 1. The molecule has 41 heavy (non-hydrogen) atoms. The summed E-state index contributed by atoms with van der Waals surface area (Å²) in [5.74, 6) is 1.13. The van der Waals surface area contributed by atoms with E-state index in [2.05, 4.69) is 71.0 Å². The Balaban J connectivity index is 1.14. The van der Waals surface area contributed by atoms with Gasteiger partial charge in [-0.1, -0.05) is 55.8 Å². The third-order valence-corrected chi connectivity index (χ3v) is 9.11. The van der Waals surface area contributed by atoms with Crippen LogP contribution in [0.5, 0.6) is 0 Å². The van der Waals surface area contributed by atoms with Gasteiger partial charge >= 0.3 is 5.97 Å². The highest BCUT2D eigenvalue weighted by atomic mass is 16.5. The molecule has 2 saturated heterocycles. The van der Waals surface area contributed by atoms with Gasteiger partial charge in [-0.25, -0.2) is 0 Å². The summed E-state index contributed by atoms with van der Waals surface area (Å²) in [4.78, 5) is 21.9. The van der Waals surface area contributed by atoms with E-state index in [1.807, 2.05) is 12.1 Å². The van der Waals surface area contributed by atoms with Crippen molar-refractivity contribution in [1.82, 2.24) is 19.9 Å². The molecule has 0 bridgehead atoms. The van der Waals surface area contributed by atoms with Gasteiger partial charge in [-0.15, -0.1) is 0 Å². The van der Waals surface area contributed by atoms with Crippen LogP contribution in [-0.2, 0) is 17.8 Å². The Morgan fingerprint density at radius 2 is 1.68 bits per heavy atom. The van der Waals surface area contributed by atoms with Gasteiger partial charge in [0.25, 0.3) is 5.89 Å². The van der Waals surface area contributed by atoms with Crippen molar-refractivity contribution < 1.29 is 14.4 Å². The first-order valence-corrected chi connectivity index (χ1v) is 15.5. The molecule has 0 radical (unpaired) electrons. The first-order chi connectivity index (χ1) is 19.8. The molecule has 5 rings (SSSR count). The molecule has 0 amide bonds. The maximum atomic E-state index is 12.3. The van der Waals surface area contributed by atoms with Crippen molar-refractivity contribution >= 4 is 5.97 Å². The van der Waals surface area contributed by atoms with E-state index in [1.54, 1.807) is 0 Å². The predicted molar refractivity (Wildman–Crippen MR) is 163 cm³/mol. The van der Waals surface area contributed by atoms with Gasteiger partial charge in [0.15, 0.2) is 0 Å². The van der Waals surface area contributed by atoms with Crippen LogP contribution in [0.3, 0.4) is 0 Å². The van der Waals surface area contributed by atoms with E-state index in [4.69, 9.17) is 4.52 Å². The second-order valence-corrected chi connectivity index (χ2v) is 12.7. The van der Waals surface area contributed by atoms with Gasteiger partial charge in [-0.3, -0.25) is 9.69 Å². The molecule has 0 saturated carbocycles. The first-order valence-electron chi connectivity index (χ1n) is 15.5. The lowest BCUT2D eigenvalue weighted by atomic mass is 9.74. The summed E-state index contributed by atoms with van der Waals surface area (Å²) in [5, 5.41) is 14.4. The summed E-state index contributed by atoms with van der Waals surface area (Å²) in [6.07, 6.45) is 8.17. The zero-order valence-corrected chi connectivity index (χ0v) is 25.1. The summed E-state index contributed by atoms with van der Waals surface area (Å²) in [6, 6.07) is 14.7. The number of aliphatic carboxylic acids is 1. The van der Waals surface area contributed by atoms with Crippen molar-refractivity contribution in [1.29, 1.82) is 0 Å². The van der Waals surface area contributed by atoms with E-state index in [0.29, 0.717) is 17.6 Å². The van der Waals surface area contributed by atoms with Gasteiger partial charge in [-0.05, 0) is 119 Å². The zero-order chi connectivity index (χ0) is 28.8. The number of likely N-dealkylation sites (tertiary alicyclic amines) is 2. The normalized spacial score (nSPS) is 18.1. The Morgan fingerprint density at radius 1 is 0.976 bits per heavy atom. The van der Waals surface area contributed by atoms with E-state index >= 15 is 0 Å². The fourth-order valence-corrected chi connectivity index (χ4v) is 6.51. The van der Waals surface area contributed by atoms with E-state index in [9.17, 15) is 9.90 Å². The fourth-order valence-electron chi connectivity index (χ4n) is 6.51. The van der Waals surface area contributed by atoms with Crippen molar-refractivity contribution in [2.45, 2.75) is 78.7 Å². The quantitative estimate of drug-likeness (QED) is 0.276. The van der Waals surface area contributed by atoms with Crippen LogP contribution in [0.15, 0.2) is 47.0 Å². The molecule has 2 aliphatic rings. The molecule has 1 aromatic heterocycles. The standard InChI is InChI=1S/C34H46N4O3/c1-25(2)22-29-12-13-30(23-26(29)3)32-35-31(36-41-32)28-10-8-27(9-11-28)24-38-20-15-34(16-21-38,33(39)40)14-7-19-37-17-5-4-6-18-37/h8-13,23,25H,4-7,14-22,24H2,1-3H3,(H,39,40). The average Bonchev–Trinajstić information content (AvgIpc) is 3.46. The number of aryl methyl sites for hydroxylation is 1. The van der Waals surface area contributed by atoms with Crippen molar-refractivity contribution in [2.24, 2.45) is 11.3 Å². The monoisotopic (exact) mass is 558 g/mol. The minimum absolute atomic E-state index is 0.537. The van der Waals surface area contributed by atoms with Gasteiger partial charge in [0.05, 0.1) is 5.41 Å². The van der Waals surface area contributed by atoms with Crippen LogP contribution in [-0.4, -0.2) is 63.7 Å². The zero-order valence-electron chi connectivity index (χ0n) is 25.1. The number of rotatable bonds is 11. The third kappa shape index (κ3) is 7.44. The number of hydrogen-bond acceptors (Lipinski definition) is 6. The molecule has 2 aliphatic heterocycles. The maximum Gasteiger partial charge on any atom is 0.309 e. The van der Waals surface area contributed by atoms with Crippen LogP contribution in [0.25, 0.3) is 22.8 Å². The highest BCUT2D eigenvalue weighted by molar-refractivity contribution is 5.74. The van der Waals surface area contributed by atoms with Gasteiger partial charge < -0.3 is 14.5 Å². The minimum atomic E-state index is -0.610. The summed E-state index contributed by atoms with van der Waals surface area (Å²) < 4.78 is 5.61. The van der Waals surface area contributed by atoms with Gasteiger partial charge in [0.1, 0.15) is 0 Å². The number of carbonyl (C=O) groups is 1. The molecule has 0 spiro atoms. The summed E-state index contributed by atoms with van der Waals surface area (Å²) in [6.45, 7) is 12.5. The van der Waals surface area contributed by atoms with Crippen LogP contribution < -0.4 is 0 Å². The van der Waals surface area contributed by atoms with Gasteiger partial charge in [0.2, 0.25) is 5.82 Å². The van der Waals surface area contributed by atoms with E-state index in [-0.39, 0.29) is 0 Å². The highest BCUT2D eigenvalue weighted by Gasteiger charge is 2.41. The summed E-state index contributed by atoms with van der Waals surface area (Å²) >= 11 is 0. The number of benzene rings is 2. The van der Waals surface area contributed by atoms with Crippen molar-refractivity contribution in [2.75, 3.05) is 32.7 Å². The number of nitrogens with zero attached hydrogens (tertiary/aromatic N) is 4. The molecule has 0 unspecified atom stereocenters. The summed E-state index contributed by atoms with van der Waals surface area (Å²) in [7, 11) is 0. The van der Waals surface area contributed by atoms with Crippen LogP contribution in [0.1, 0.15) is 75.5 Å². The SMILES string of the molecule is Cc1cc(-c2nc(-c3ccc(CN4CCC(CCCN5CCCCC5)(C(=O)O)CC4)cc3)no2)ccc1CC(C)C. The van der Waals surface area contributed by atoms with E-state index < -0.39 is 11.4 Å². The second-order valence-electron chi connectivity index (χ2n) is 12.7. The average molecular weight is 559 g/mol. The highest BCUT2D eigenvalue weighted by Crippen LogP contribution is 2.37. The number of hydrogen-bond donors (Lipinski definition) is 1. The second kappa shape index (κ2) is 13.3. The van der Waals surface area contributed by atoms with Crippen LogP contribution in [0.4, 0.5) is 0 Å². The summed E-state index contributed by atoms with van der Waals surface area (Å²) in [5.41, 5.74) is 5.11. The van der Waals surface area contributed by atoms with Crippen LogP contribution in [0, 0.1) is 18.3 Å². The molecule has 0 aliphatic carbocycles.